The first-order chi connectivity index (χ1) is 15.5. The maximum Gasteiger partial charge on any atom is 0.240 e. The molecule has 0 aliphatic carbocycles. The van der Waals surface area contributed by atoms with E-state index < -0.39 is 6.04 Å². The molecular weight excluding hydrogens is 404 g/mol. The highest BCUT2D eigenvalue weighted by Crippen LogP contribution is 2.26. The monoisotopic (exact) mass is 432 g/mol. The van der Waals surface area contributed by atoms with E-state index in [1.54, 1.807) is 13.1 Å². The van der Waals surface area contributed by atoms with Crippen LogP contribution in [0.15, 0.2) is 54.7 Å². The lowest BCUT2D eigenvalue weighted by Gasteiger charge is -2.30. The van der Waals surface area contributed by atoms with Gasteiger partial charge in [-0.05, 0) is 55.8 Å². The zero-order chi connectivity index (χ0) is 22.5. The molecular formula is C24H28N6O2. The lowest BCUT2D eigenvalue weighted by atomic mass is 10.1. The van der Waals surface area contributed by atoms with E-state index in [1.165, 1.54) is 11.3 Å². The molecule has 0 spiro atoms. The number of aromatic nitrogens is 2. The average molecular weight is 433 g/mol. The molecule has 1 aromatic heterocycles. The van der Waals surface area contributed by atoms with Gasteiger partial charge < -0.3 is 26.0 Å². The van der Waals surface area contributed by atoms with Crippen LogP contribution in [0, 0.1) is 6.92 Å². The first-order valence-corrected chi connectivity index (χ1v) is 10.7. The molecule has 2 heterocycles. The molecule has 3 aromatic rings. The largest absolute Gasteiger partial charge is 0.378 e. The Balaban J connectivity index is 1.46. The predicted molar refractivity (Wildman–Crippen MR) is 127 cm³/mol. The first-order valence-electron chi connectivity index (χ1n) is 10.7. The van der Waals surface area contributed by atoms with Gasteiger partial charge in [0.05, 0.1) is 24.9 Å². The van der Waals surface area contributed by atoms with Gasteiger partial charge in [-0.3, -0.25) is 4.79 Å². The minimum atomic E-state index is -0.559. The van der Waals surface area contributed by atoms with Crippen LogP contribution in [-0.4, -0.2) is 48.2 Å². The van der Waals surface area contributed by atoms with Gasteiger partial charge in [0.2, 0.25) is 11.9 Å². The van der Waals surface area contributed by atoms with E-state index in [2.05, 4.69) is 44.6 Å². The molecule has 32 heavy (non-hydrogen) atoms. The lowest BCUT2D eigenvalue weighted by molar-refractivity contribution is -0.117. The van der Waals surface area contributed by atoms with Crippen molar-refractivity contribution in [3.8, 4) is 11.3 Å². The third-order valence-electron chi connectivity index (χ3n) is 5.32. The second-order valence-electron chi connectivity index (χ2n) is 7.85. The van der Waals surface area contributed by atoms with E-state index in [-0.39, 0.29) is 5.91 Å². The maximum absolute atomic E-state index is 11.7. The number of nitrogens with one attached hydrogen (secondary N) is 2. The van der Waals surface area contributed by atoms with E-state index in [9.17, 15) is 4.79 Å². The Bertz CT molecular complexity index is 1080. The van der Waals surface area contributed by atoms with Crippen LogP contribution in [0.3, 0.4) is 0 Å². The average Bonchev–Trinajstić information content (AvgIpc) is 2.80. The lowest BCUT2D eigenvalue weighted by Crippen LogP contribution is -2.36. The highest BCUT2D eigenvalue weighted by Gasteiger charge is 2.14. The minimum Gasteiger partial charge on any atom is -0.378 e. The molecule has 8 heteroatoms. The molecule has 2 aromatic carbocycles. The Morgan fingerprint density at radius 3 is 2.50 bits per heavy atom. The van der Waals surface area contributed by atoms with Crippen LogP contribution in [0.5, 0.6) is 0 Å². The van der Waals surface area contributed by atoms with Crippen molar-refractivity contribution >= 4 is 28.9 Å². The molecule has 0 saturated carbocycles. The molecule has 0 bridgehead atoms. The summed E-state index contributed by atoms with van der Waals surface area (Å²) in [5.74, 6) is 0.302. The quantitative estimate of drug-likeness (QED) is 0.549. The van der Waals surface area contributed by atoms with Crippen LogP contribution in [-0.2, 0) is 9.53 Å². The minimum absolute atomic E-state index is 0.221. The van der Waals surface area contributed by atoms with Crippen molar-refractivity contribution in [2.24, 2.45) is 5.73 Å². The van der Waals surface area contributed by atoms with Crippen molar-refractivity contribution in [3.63, 3.8) is 0 Å². The topological polar surface area (TPSA) is 105 Å². The Morgan fingerprint density at radius 1 is 1.09 bits per heavy atom. The summed E-state index contributed by atoms with van der Waals surface area (Å²) in [7, 11) is 0. The van der Waals surface area contributed by atoms with Gasteiger partial charge >= 0.3 is 0 Å². The molecule has 1 fully saturated rings. The van der Waals surface area contributed by atoms with Gasteiger partial charge in [0.25, 0.3) is 0 Å². The molecule has 4 N–H and O–H groups in total. The number of hydrogen-bond donors (Lipinski definition) is 3. The standard InChI is InChI=1S/C24H28N6O2/c1-16-15-20(7-8-22(16)30-11-13-32-14-12-30)28-24-26-10-9-21(29-24)18-3-5-19(6-4-18)27-23(31)17(2)25/h3-10,15,17H,11-14,25H2,1-2H3,(H,27,31)(H,26,28,29). The second kappa shape index (κ2) is 9.76. The molecule has 1 saturated heterocycles. The van der Waals surface area contributed by atoms with Crippen molar-refractivity contribution in [1.29, 1.82) is 0 Å². The number of nitrogens with two attached hydrogens (primary N) is 1. The third kappa shape index (κ3) is 5.22. The number of amides is 1. The number of benzene rings is 2. The van der Waals surface area contributed by atoms with Gasteiger partial charge in [0, 0.05) is 41.9 Å². The fourth-order valence-electron chi connectivity index (χ4n) is 3.58. The number of hydrogen-bond acceptors (Lipinski definition) is 7. The van der Waals surface area contributed by atoms with Crippen LogP contribution >= 0.6 is 0 Å². The fraction of sp³-hybridized carbons (Fsp3) is 0.292. The Kier molecular flexibility index (Phi) is 6.63. The number of morpholine rings is 1. The van der Waals surface area contributed by atoms with Gasteiger partial charge in [-0.25, -0.2) is 9.97 Å². The van der Waals surface area contributed by atoms with Crippen molar-refractivity contribution in [2.75, 3.05) is 41.8 Å². The Hall–Kier alpha value is -3.49. The van der Waals surface area contributed by atoms with Gasteiger partial charge in [-0.2, -0.15) is 0 Å². The normalized spacial score (nSPS) is 14.7. The molecule has 8 nitrogen and oxygen atoms in total. The number of carbonyl (C=O) groups excluding carboxylic acids is 1. The number of carbonyl (C=O) groups is 1. The summed E-state index contributed by atoms with van der Waals surface area (Å²) in [6.07, 6.45) is 1.73. The molecule has 1 atom stereocenters. The van der Waals surface area contributed by atoms with E-state index in [0.717, 1.165) is 43.2 Å². The fourth-order valence-corrected chi connectivity index (χ4v) is 3.58. The van der Waals surface area contributed by atoms with Crippen LogP contribution in [0.2, 0.25) is 0 Å². The van der Waals surface area contributed by atoms with Crippen molar-refractivity contribution in [3.05, 3.63) is 60.3 Å². The number of aryl methyl sites for hydroxylation is 1. The molecule has 0 radical (unpaired) electrons. The van der Waals surface area contributed by atoms with Crippen LogP contribution in [0.4, 0.5) is 23.0 Å². The van der Waals surface area contributed by atoms with E-state index >= 15 is 0 Å². The highest BCUT2D eigenvalue weighted by molar-refractivity contribution is 5.94. The van der Waals surface area contributed by atoms with E-state index in [1.807, 2.05) is 36.4 Å². The first kappa shape index (κ1) is 21.7. The summed E-state index contributed by atoms with van der Waals surface area (Å²) >= 11 is 0. The summed E-state index contributed by atoms with van der Waals surface area (Å²) in [6, 6.07) is 15.1. The van der Waals surface area contributed by atoms with E-state index in [0.29, 0.717) is 11.6 Å². The SMILES string of the molecule is Cc1cc(Nc2nccc(-c3ccc(NC(=O)C(C)N)cc3)n2)ccc1N1CCOCC1. The molecule has 1 amide bonds. The van der Waals surface area contributed by atoms with Crippen LogP contribution in [0.1, 0.15) is 12.5 Å². The summed E-state index contributed by atoms with van der Waals surface area (Å²) in [5.41, 5.74) is 11.4. The Labute approximate surface area is 187 Å². The number of ether oxygens (including phenoxy) is 1. The summed E-state index contributed by atoms with van der Waals surface area (Å²) in [4.78, 5) is 23.1. The number of rotatable bonds is 6. The van der Waals surface area contributed by atoms with Crippen LogP contribution in [0.25, 0.3) is 11.3 Å². The molecule has 1 aliphatic heterocycles. The second-order valence-corrected chi connectivity index (χ2v) is 7.85. The number of nitrogens with zero attached hydrogens (tertiary/aromatic N) is 3. The predicted octanol–water partition coefficient (Wildman–Crippen LogP) is 3.32. The zero-order valence-electron chi connectivity index (χ0n) is 18.3. The van der Waals surface area contributed by atoms with Gasteiger partial charge in [-0.1, -0.05) is 12.1 Å². The summed E-state index contributed by atoms with van der Waals surface area (Å²) in [6.45, 7) is 7.11. The van der Waals surface area contributed by atoms with Crippen molar-refractivity contribution < 1.29 is 9.53 Å². The van der Waals surface area contributed by atoms with Crippen molar-refractivity contribution in [2.45, 2.75) is 19.9 Å². The smallest absolute Gasteiger partial charge is 0.240 e. The third-order valence-corrected chi connectivity index (χ3v) is 5.32. The zero-order valence-corrected chi connectivity index (χ0v) is 18.3. The van der Waals surface area contributed by atoms with Crippen molar-refractivity contribution in [1.82, 2.24) is 9.97 Å². The van der Waals surface area contributed by atoms with Gasteiger partial charge in [0.1, 0.15) is 0 Å². The van der Waals surface area contributed by atoms with Gasteiger partial charge in [0.15, 0.2) is 0 Å². The number of anilines is 4. The van der Waals surface area contributed by atoms with Crippen LogP contribution < -0.4 is 21.3 Å². The summed E-state index contributed by atoms with van der Waals surface area (Å²) in [5, 5.41) is 6.08. The molecule has 4 rings (SSSR count). The highest BCUT2D eigenvalue weighted by atomic mass is 16.5. The maximum atomic E-state index is 11.7. The van der Waals surface area contributed by atoms with Gasteiger partial charge in [-0.15, -0.1) is 0 Å². The molecule has 1 aliphatic rings. The Morgan fingerprint density at radius 2 is 1.81 bits per heavy atom. The van der Waals surface area contributed by atoms with E-state index in [4.69, 9.17) is 10.5 Å². The molecule has 166 valence electrons. The summed E-state index contributed by atoms with van der Waals surface area (Å²) < 4.78 is 5.45. The molecule has 1 unspecified atom stereocenters.